The van der Waals surface area contributed by atoms with Crippen molar-refractivity contribution in [2.45, 2.75) is 6.29 Å². The molecule has 0 spiro atoms. The third kappa shape index (κ3) is 3.20. The number of carbonyl (C=O) groups excluding carboxylic acids is 1. The number of carbonyl (C=O) groups is 1. The molecule has 1 N–H and O–H groups in total. The normalized spacial score (nSPS) is 18.4. The van der Waals surface area contributed by atoms with Crippen LogP contribution < -0.4 is 9.47 Å². The van der Waals surface area contributed by atoms with E-state index in [0.29, 0.717) is 25.3 Å². The van der Waals surface area contributed by atoms with Gasteiger partial charge in [-0.25, -0.2) is 0 Å². The van der Waals surface area contributed by atoms with Gasteiger partial charge >= 0.3 is 0 Å². The molecular weight excluding hydrogens is 278 g/mol. The smallest absolute Gasteiger partial charge is 0.254 e. The first-order valence-corrected chi connectivity index (χ1v) is 6.49. The van der Waals surface area contributed by atoms with Gasteiger partial charge in [0.15, 0.2) is 17.8 Å². The van der Waals surface area contributed by atoms with Crippen molar-refractivity contribution in [3.05, 3.63) is 17.7 Å². The monoisotopic (exact) mass is 297 g/mol. The van der Waals surface area contributed by atoms with E-state index in [4.69, 9.17) is 18.9 Å². The Morgan fingerprint density at radius 3 is 2.43 bits per heavy atom. The Bertz CT molecular complexity index is 493. The van der Waals surface area contributed by atoms with E-state index in [1.807, 2.05) is 0 Å². The van der Waals surface area contributed by atoms with Crippen LogP contribution in [-0.2, 0) is 9.47 Å². The molecule has 1 aliphatic rings. The fraction of sp³-hybridized carbons (Fsp3) is 0.500. The number of nitrogens with zero attached hydrogens (tertiary/aromatic N) is 1. The molecular formula is C14H19NO6. The fourth-order valence-corrected chi connectivity index (χ4v) is 2.14. The maximum atomic E-state index is 12.5. The van der Waals surface area contributed by atoms with E-state index in [0.717, 1.165) is 0 Å². The van der Waals surface area contributed by atoms with E-state index < -0.39 is 6.29 Å². The topological polar surface area (TPSA) is 77.5 Å². The molecule has 1 aromatic carbocycles. The highest BCUT2D eigenvalue weighted by Crippen LogP contribution is 2.37. The van der Waals surface area contributed by atoms with Gasteiger partial charge in [0, 0.05) is 19.2 Å². The summed E-state index contributed by atoms with van der Waals surface area (Å²) >= 11 is 0. The quantitative estimate of drug-likeness (QED) is 0.888. The summed E-state index contributed by atoms with van der Waals surface area (Å²) in [4.78, 5) is 14.2. The molecule has 0 radical (unpaired) electrons. The van der Waals surface area contributed by atoms with Crippen molar-refractivity contribution in [3.63, 3.8) is 0 Å². The summed E-state index contributed by atoms with van der Waals surface area (Å²) in [5, 5.41) is 9.87. The summed E-state index contributed by atoms with van der Waals surface area (Å²) in [5.74, 6) is 0.0498. The minimum absolute atomic E-state index is 0.131. The number of morpholine rings is 1. The molecule has 1 heterocycles. The van der Waals surface area contributed by atoms with Crippen molar-refractivity contribution >= 4 is 5.91 Å². The van der Waals surface area contributed by atoms with E-state index >= 15 is 0 Å². The second-order valence-electron chi connectivity index (χ2n) is 4.52. The lowest BCUT2D eigenvalue weighted by Gasteiger charge is -2.32. The predicted octanol–water partition coefficient (Wildman–Crippen LogP) is 0.854. The van der Waals surface area contributed by atoms with E-state index in [9.17, 15) is 9.90 Å². The summed E-state index contributed by atoms with van der Waals surface area (Å²) in [6.45, 7) is 1.24. The summed E-state index contributed by atoms with van der Waals surface area (Å²) < 4.78 is 20.6. The zero-order chi connectivity index (χ0) is 15.4. The zero-order valence-corrected chi connectivity index (χ0v) is 12.3. The first kappa shape index (κ1) is 15.4. The minimum atomic E-state index is -0.427. The van der Waals surface area contributed by atoms with Crippen molar-refractivity contribution < 1.29 is 28.8 Å². The molecule has 1 amide bonds. The van der Waals surface area contributed by atoms with Gasteiger partial charge in [-0.05, 0) is 12.1 Å². The summed E-state index contributed by atoms with van der Waals surface area (Å²) in [5.41, 5.74) is 0.373. The molecule has 7 heteroatoms. The van der Waals surface area contributed by atoms with Crippen LogP contribution in [-0.4, -0.2) is 63.2 Å². The molecule has 1 unspecified atom stereocenters. The number of methoxy groups -OCH3 is 3. The van der Waals surface area contributed by atoms with Gasteiger partial charge in [0.25, 0.3) is 5.91 Å². The number of phenolic OH excluding ortho intramolecular Hbond substituents is 1. The number of ether oxygens (including phenoxy) is 4. The highest BCUT2D eigenvalue weighted by atomic mass is 16.7. The molecule has 0 aromatic heterocycles. The Kier molecular flexibility index (Phi) is 4.87. The average molecular weight is 297 g/mol. The van der Waals surface area contributed by atoms with Gasteiger partial charge in [-0.15, -0.1) is 0 Å². The second kappa shape index (κ2) is 6.64. The van der Waals surface area contributed by atoms with Crippen molar-refractivity contribution in [1.29, 1.82) is 0 Å². The van der Waals surface area contributed by atoms with Crippen LogP contribution in [0.25, 0.3) is 0 Å². The zero-order valence-electron chi connectivity index (χ0n) is 12.3. The number of aromatic hydroxyl groups is 1. The number of rotatable bonds is 4. The summed E-state index contributed by atoms with van der Waals surface area (Å²) in [7, 11) is 4.36. The van der Waals surface area contributed by atoms with Crippen LogP contribution in [0, 0.1) is 0 Å². The maximum absolute atomic E-state index is 12.5. The minimum Gasteiger partial charge on any atom is -0.502 e. The lowest BCUT2D eigenvalue weighted by molar-refractivity contribution is -0.157. The lowest BCUT2D eigenvalue weighted by Crippen LogP contribution is -2.46. The summed E-state index contributed by atoms with van der Waals surface area (Å²) in [6, 6.07) is 2.97. The van der Waals surface area contributed by atoms with E-state index in [2.05, 4.69) is 0 Å². The molecule has 7 nitrogen and oxygen atoms in total. The van der Waals surface area contributed by atoms with Gasteiger partial charge in [0.2, 0.25) is 5.75 Å². The van der Waals surface area contributed by atoms with Crippen LogP contribution in [0.1, 0.15) is 10.4 Å². The molecule has 0 saturated carbocycles. The average Bonchev–Trinajstić information content (AvgIpc) is 2.54. The van der Waals surface area contributed by atoms with Crippen molar-refractivity contribution in [2.75, 3.05) is 41.0 Å². The Morgan fingerprint density at radius 2 is 1.90 bits per heavy atom. The van der Waals surface area contributed by atoms with Crippen molar-refractivity contribution in [2.24, 2.45) is 0 Å². The number of amides is 1. The van der Waals surface area contributed by atoms with Gasteiger partial charge in [-0.2, -0.15) is 0 Å². The molecule has 21 heavy (non-hydrogen) atoms. The Hall–Kier alpha value is -1.99. The number of benzene rings is 1. The van der Waals surface area contributed by atoms with E-state index in [-0.39, 0.29) is 23.2 Å². The highest BCUT2D eigenvalue weighted by molar-refractivity contribution is 5.95. The molecule has 0 aliphatic carbocycles. The van der Waals surface area contributed by atoms with Crippen molar-refractivity contribution in [1.82, 2.24) is 4.90 Å². The SMILES string of the molecule is COc1cc(C(=O)N2CCOC(OC)C2)cc(OC)c1O. The second-order valence-corrected chi connectivity index (χ2v) is 4.52. The fourth-order valence-electron chi connectivity index (χ4n) is 2.14. The van der Waals surface area contributed by atoms with Crippen molar-refractivity contribution in [3.8, 4) is 17.2 Å². The molecule has 1 saturated heterocycles. The maximum Gasteiger partial charge on any atom is 0.254 e. The van der Waals surface area contributed by atoms with Gasteiger partial charge in [0.05, 0.1) is 27.4 Å². The van der Waals surface area contributed by atoms with Crippen LogP contribution in [0.2, 0.25) is 0 Å². The van der Waals surface area contributed by atoms with Crippen LogP contribution in [0.4, 0.5) is 0 Å². The molecule has 2 rings (SSSR count). The standard InChI is InChI=1S/C14H19NO6/c1-18-10-6-9(7-11(19-2)13(10)16)14(17)15-4-5-21-12(8-15)20-3/h6-7,12,16H,4-5,8H2,1-3H3. The first-order chi connectivity index (χ1) is 10.1. The van der Waals surface area contributed by atoms with Gasteiger partial charge in [-0.1, -0.05) is 0 Å². The van der Waals surface area contributed by atoms with Gasteiger partial charge < -0.3 is 29.0 Å². The third-order valence-electron chi connectivity index (χ3n) is 3.31. The summed E-state index contributed by atoms with van der Waals surface area (Å²) in [6.07, 6.45) is -0.427. The molecule has 1 fully saturated rings. The largest absolute Gasteiger partial charge is 0.502 e. The number of hydrogen-bond donors (Lipinski definition) is 1. The molecule has 1 aliphatic heterocycles. The molecule has 0 bridgehead atoms. The molecule has 1 aromatic rings. The number of hydrogen-bond acceptors (Lipinski definition) is 6. The molecule has 116 valence electrons. The Morgan fingerprint density at radius 1 is 1.29 bits per heavy atom. The predicted molar refractivity (Wildman–Crippen MR) is 73.9 cm³/mol. The highest BCUT2D eigenvalue weighted by Gasteiger charge is 2.26. The van der Waals surface area contributed by atoms with E-state index in [1.165, 1.54) is 33.5 Å². The van der Waals surface area contributed by atoms with Crippen LogP contribution in [0.15, 0.2) is 12.1 Å². The van der Waals surface area contributed by atoms with Gasteiger partial charge in [-0.3, -0.25) is 4.79 Å². The first-order valence-electron chi connectivity index (χ1n) is 6.49. The van der Waals surface area contributed by atoms with Crippen LogP contribution >= 0.6 is 0 Å². The van der Waals surface area contributed by atoms with Crippen LogP contribution in [0.3, 0.4) is 0 Å². The third-order valence-corrected chi connectivity index (χ3v) is 3.31. The number of phenols is 1. The molecule has 1 atom stereocenters. The lowest BCUT2D eigenvalue weighted by atomic mass is 10.1. The van der Waals surface area contributed by atoms with Crippen LogP contribution in [0.5, 0.6) is 17.2 Å². The van der Waals surface area contributed by atoms with Gasteiger partial charge in [0.1, 0.15) is 0 Å². The Labute approximate surface area is 123 Å². The Balaban J connectivity index is 2.26. The van der Waals surface area contributed by atoms with E-state index in [1.54, 1.807) is 4.90 Å².